The fraction of sp³-hybridized carbons (Fsp3) is 0.207. The minimum atomic E-state index is -0.275. The molecule has 1 aliphatic rings. The van der Waals surface area contributed by atoms with E-state index >= 15 is 0 Å². The molecule has 2 amide bonds. The first kappa shape index (κ1) is 26.3. The Bertz CT molecular complexity index is 1460. The number of anilines is 5. The SMILES string of the molecule is Cn1nccc1C(=O)Nc1ccc(Nc2ccc(NC(=O)c3ccc(N4CCC(O)CC4)cc3)cc2)c(Cl)c1. The van der Waals surface area contributed by atoms with Crippen LogP contribution in [0, 0.1) is 0 Å². The lowest BCUT2D eigenvalue weighted by atomic mass is 10.1. The molecule has 0 aliphatic carbocycles. The number of amides is 2. The van der Waals surface area contributed by atoms with E-state index in [1.54, 1.807) is 37.5 Å². The van der Waals surface area contributed by atoms with Gasteiger partial charge in [-0.25, -0.2) is 0 Å². The van der Waals surface area contributed by atoms with Crippen molar-refractivity contribution in [2.24, 2.45) is 7.05 Å². The monoisotopic (exact) mass is 544 g/mol. The van der Waals surface area contributed by atoms with E-state index in [4.69, 9.17) is 11.6 Å². The van der Waals surface area contributed by atoms with Crippen molar-refractivity contribution < 1.29 is 14.7 Å². The Morgan fingerprint density at radius 2 is 1.51 bits per heavy atom. The number of carbonyl (C=O) groups excluding carboxylic acids is 2. The molecule has 10 heteroatoms. The summed E-state index contributed by atoms with van der Waals surface area (Å²) in [4.78, 5) is 27.4. The maximum absolute atomic E-state index is 12.7. The van der Waals surface area contributed by atoms with E-state index in [-0.39, 0.29) is 17.9 Å². The van der Waals surface area contributed by atoms with Crippen LogP contribution in [0.1, 0.15) is 33.7 Å². The second kappa shape index (κ2) is 11.6. The van der Waals surface area contributed by atoms with Gasteiger partial charge in [-0.2, -0.15) is 5.10 Å². The molecule has 0 atom stereocenters. The van der Waals surface area contributed by atoms with E-state index < -0.39 is 0 Å². The zero-order valence-electron chi connectivity index (χ0n) is 21.4. The van der Waals surface area contributed by atoms with E-state index in [1.807, 2.05) is 48.5 Å². The quantitative estimate of drug-likeness (QED) is 0.252. The summed E-state index contributed by atoms with van der Waals surface area (Å²) < 4.78 is 1.50. The standard InChI is InChI=1S/C29H29ClN6O3/c1-35-27(12-15-31-35)29(39)34-22-8-11-26(25(30)18-22)32-20-4-6-21(7-5-20)33-28(38)19-2-9-23(10-3-19)36-16-13-24(37)14-17-36/h2-12,15,18,24,32,37H,13-14,16-17H2,1H3,(H,33,38)(H,34,39). The second-order valence-corrected chi connectivity index (χ2v) is 9.82. The van der Waals surface area contributed by atoms with Crippen LogP contribution in [0.5, 0.6) is 0 Å². The number of rotatable bonds is 7. The number of halogens is 1. The molecule has 0 bridgehead atoms. The number of nitrogens with zero attached hydrogens (tertiary/aromatic N) is 3. The maximum atomic E-state index is 12.7. The van der Waals surface area contributed by atoms with E-state index in [9.17, 15) is 14.7 Å². The highest BCUT2D eigenvalue weighted by atomic mass is 35.5. The lowest BCUT2D eigenvalue weighted by Gasteiger charge is -2.31. The van der Waals surface area contributed by atoms with Gasteiger partial charge in [-0.1, -0.05) is 11.6 Å². The van der Waals surface area contributed by atoms with Gasteiger partial charge in [-0.3, -0.25) is 14.3 Å². The van der Waals surface area contributed by atoms with Gasteiger partial charge in [0.1, 0.15) is 5.69 Å². The number of hydrogen-bond donors (Lipinski definition) is 4. The van der Waals surface area contributed by atoms with Gasteiger partial charge >= 0.3 is 0 Å². The van der Waals surface area contributed by atoms with Gasteiger partial charge in [0.05, 0.1) is 16.8 Å². The largest absolute Gasteiger partial charge is 0.393 e. The highest BCUT2D eigenvalue weighted by Gasteiger charge is 2.17. The normalized spacial score (nSPS) is 13.7. The lowest BCUT2D eigenvalue weighted by Crippen LogP contribution is -2.35. The third-order valence-corrected chi connectivity index (χ3v) is 6.97. The van der Waals surface area contributed by atoms with Crippen LogP contribution in [-0.2, 0) is 7.05 Å². The summed E-state index contributed by atoms with van der Waals surface area (Å²) >= 11 is 6.45. The molecule has 0 unspecified atom stereocenters. The summed E-state index contributed by atoms with van der Waals surface area (Å²) in [5.74, 6) is -0.466. The molecule has 2 heterocycles. The van der Waals surface area contributed by atoms with Crippen molar-refractivity contribution in [3.63, 3.8) is 0 Å². The summed E-state index contributed by atoms with van der Waals surface area (Å²) in [6.45, 7) is 1.62. The van der Waals surface area contributed by atoms with Gasteiger partial charge in [0.2, 0.25) is 0 Å². The van der Waals surface area contributed by atoms with Crippen LogP contribution in [0.2, 0.25) is 5.02 Å². The fourth-order valence-corrected chi connectivity index (χ4v) is 4.66. The van der Waals surface area contributed by atoms with Crippen LogP contribution in [0.4, 0.5) is 28.4 Å². The number of piperidine rings is 1. The molecular formula is C29H29ClN6O3. The predicted molar refractivity (Wildman–Crippen MR) is 154 cm³/mol. The maximum Gasteiger partial charge on any atom is 0.273 e. The summed E-state index contributed by atoms with van der Waals surface area (Å²) in [6, 6.07) is 21.7. The van der Waals surface area contributed by atoms with Crippen molar-refractivity contribution in [3.05, 3.63) is 95.3 Å². The first-order valence-electron chi connectivity index (χ1n) is 12.7. The average molecular weight is 545 g/mol. The summed E-state index contributed by atoms with van der Waals surface area (Å²) in [5.41, 5.74) is 4.76. The Hall–Kier alpha value is -4.34. The number of aliphatic hydroxyl groups excluding tert-OH is 1. The summed E-state index contributed by atoms with van der Waals surface area (Å²) in [5, 5.41) is 23.1. The van der Waals surface area contributed by atoms with Gasteiger partial charge in [0.15, 0.2) is 0 Å². The van der Waals surface area contributed by atoms with Crippen molar-refractivity contribution in [3.8, 4) is 0 Å². The van der Waals surface area contributed by atoms with Crippen LogP contribution in [-0.4, -0.2) is 45.9 Å². The molecule has 1 saturated heterocycles. The van der Waals surface area contributed by atoms with Crippen LogP contribution in [0.25, 0.3) is 0 Å². The van der Waals surface area contributed by atoms with Gasteiger partial charge in [0.25, 0.3) is 11.8 Å². The first-order chi connectivity index (χ1) is 18.9. The molecule has 4 N–H and O–H groups in total. The minimum absolute atomic E-state index is 0.192. The van der Waals surface area contributed by atoms with Crippen molar-refractivity contribution in [1.29, 1.82) is 0 Å². The van der Waals surface area contributed by atoms with E-state index in [0.717, 1.165) is 37.3 Å². The van der Waals surface area contributed by atoms with Crippen LogP contribution in [0.15, 0.2) is 79.0 Å². The number of carbonyl (C=O) groups is 2. The molecule has 1 aliphatic heterocycles. The highest BCUT2D eigenvalue weighted by molar-refractivity contribution is 6.33. The van der Waals surface area contributed by atoms with E-state index in [2.05, 4.69) is 25.9 Å². The third kappa shape index (κ3) is 6.39. The zero-order chi connectivity index (χ0) is 27.4. The second-order valence-electron chi connectivity index (χ2n) is 9.41. The number of nitrogens with one attached hydrogen (secondary N) is 3. The van der Waals surface area contributed by atoms with Crippen molar-refractivity contribution in [2.75, 3.05) is 33.9 Å². The number of hydrogen-bond acceptors (Lipinski definition) is 6. The first-order valence-corrected chi connectivity index (χ1v) is 13.0. The number of aromatic nitrogens is 2. The van der Waals surface area contributed by atoms with Gasteiger partial charge < -0.3 is 26.0 Å². The Balaban J connectivity index is 1.16. The van der Waals surface area contributed by atoms with Crippen molar-refractivity contribution in [2.45, 2.75) is 18.9 Å². The molecule has 39 heavy (non-hydrogen) atoms. The van der Waals surface area contributed by atoms with E-state index in [1.165, 1.54) is 4.68 Å². The molecule has 9 nitrogen and oxygen atoms in total. The molecule has 1 fully saturated rings. The van der Waals surface area contributed by atoms with Crippen LogP contribution < -0.4 is 20.9 Å². The smallest absolute Gasteiger partial charge is 0.273 e. The molecule has 3 aromatic carbocycles. The number of aliphatic hydroxyl groups is 1. The number of benzene rings is 3. The van der Waals surface area contributed by atoms with Gasteiger partial charge in [-0.15, -0.1) is 0 Å². The van der Waals surface area contributed by atoms with E-state index in [0.29, 0.717) is 33.3 Å². The van der Waals surface area contributed by atoms with Crippen LogP contribution >= 0.6 is 11.6 Å². The molecule has 0 radical (unpaired) electrons. The van der Waals surface area contributed by atoms with Gasteiger partial charge in [-0.05, 0) is 85.6 Å². The average Bonchev–Trinajstić information content (AvgIpc) is 3.38. The molecule has 4 aromatic rings. The molecular weight excluding hydrogens is 516 g/mol. The molecule has 5 rings (SSSR count). The molecule has 0 saturated carbocycles. The zero-order valence-corrected chi connectivity index (χ0v) is 22.2. The molecule has 1 aromatic heterocycles. The van der Waals surface area contributed by atoms with Crippen molar-refractivity contribution in [1.82, 2.24) is 9.78 Å². The number of aryl methyl sites for hydroxylation is 1. The predicted octanol–water partition coefficient (Wildman–Crippen LogP) is 5.28. The Labute approximate surface area is 231 Å². The summed E-state index contributed by atoms with van der Waals surface area (Å²) in [7, 11) is 1.70. The Morgan fingerprint density at radius 3 is 2.15 bits per heavy atom. The van der Waals surface area contributed by atoms with Crippen molar-refractivity contribution >= 4 is 51.9 Å². The topological polar surface area (TPSA) is 112 Å². The van der Waals surface area contributed by atoms with Crippen LogP contribution in [0.3, 0.4) is 0 Å². The third-order valence-electron chi connectivity index (χ3n) is 6.66. The lowest BCUT2D eigenvalue weighted by molar-refractivity contribution is 0.101. The summed E-state index contributed by atoms with van der Waals surface area (Å²) in [6.07, 6.45) is 2.86. The highest BCUT2D eigenvalue weighted by Crippen LogP contribution is 2.29. The van der Waals surface area contributed by atoms with Gasteiger partial charge in [0, 0.05) is 54.6 Å². The minimum Gasteiger partial charge on any atom is -0.393 e. The Morgan fingerprint density at radius 1 is 0.872 bits per heavy atom. The molecule has 200 valence electrons. The fourth-order valence-electron chi connectivity index (χ4n) is 4.43. The Kier molecular flexibility index (Phi) is 7.81. The molecule has 0 spiro atoms.